The van der Waals surface area contributed by atoms with E-state index in [0.29, 0.717) is 23.0 Å². The summed E-state index contributed by atoms with van der Waals surface area (Å²) in [6.45, 7) is 2.01. The van der Waals surface area contributed by atoms with Gasteiger partial charge in [-0.25, -0.2) is 4.57 Å². The highest BCUT2D eigenvalue weighted by atomic mass is 32.1. The van der Waals surface area contributed by atoms with Crippen molar-refractivity contribution in [3.63, 3.8) is 0 Å². The van der Waals surface area contributed by atoms with Crippen molar-refractivity contribution < 1.29 is 13.6 Å². The molecule has 0 fully saturated rings. The van der Waals surface area contributed by atoms with E-state index in [1.807, 2.05) is 73.7 Å². The molecule has 5 nitrogen and oxygen atoms in total. The maximum absolute atomic E-state index is 14.0. The lowest BCUT2D eigenvalue weighted by Gasteiger charge is -2.29. The molecule has 0 bridgehead atoms. The predicted molar refractivity (Wildman–Crippen MR) is 126 cm³/mol. The normalized spacial score (nSPS) is 11.9. The lowest BCUT2D eigenvalue weighted by atomic mass is 10.3. The van der Waals surface area contributed by atoms with Crippen molar-refractivity contribution in [2.75, 3.05) is 5.32 Å². The van der Waals surface area contributed by atoms with Gasteiger partial charge in [0.05, 0.1) is 0 Å². The van der Waals surface area contributed by atoms with Crippen molar-refractivity contribution in [2.24, 2.45) is 0 Å². The highest BCUT2D eigenvalue weighted by Gasteiger charge is 2.39. The molecule has 0 amide bonds. The Kier molecular flexibility index (Phi) is 7.89. The highest BCUT2D eigenvalue weighted by molar-refractivity contribution is 7.80. The van der Waals surface area contributed by atoms with E-state index in [9.17, 15) is 4.57 Å². The van der Waals surface area contributed by atoms with Crippen LogP contribution in [0.25, 0.3) is 0 Å². The van der Waals surface area contributed by atoms with Crippen LogP contribution in [0, 0.1) is 0 Å². The van der Waals surface area contributed by atoms with Crippen LogP contribution in [0.4, 0.5) is 5.69 Å². The fraction of sp³-hybridized carbons (Fsp3) is 0.174. The van der Waals surface area contributed by atoms with E-state index < -0.39 is 13.4 Å². The van der Waals surface area contributed by atoms with Crippen molar-refractivity contribution in [3.05, 3.63) is 91.0 Å². The third-order valence-corrected chi connectivity index (χ3v) is 6.53. The summed E-state index contributed by atoms with van der Waals surface area (Å²) in [7, 11) is -3.69. The van der Waals surface area contributed by atoms with Crippen molar-refractivity contribution in [1.29, 1.82) is 0 Å². The Morgan fingerprint density at radius 3 is 1.80 bits per heavy atom. The summed E-state index contributed by atoms with van der Waals surface area (Å²) >= 11 is 5.47. The molecule has 30 heavy (non-hydrogen) atoms. The lowest BCUT2D eigenvalue weighted by molar-refractivity contribution is 0.363. The summed E-state index contributed by atoms with van der Waals surface area (Å²) in [5.41, 5.74) is 0.841. The number of para-hydroxylation sites is 3. The molecule has 0 aliphatic carbocycles. The monoisotopic (exact) mass is 440 g/mol. The maximum Gasteiger partial charge on any atom is 0.452 e. The van der Waals surface area contributed by atoms with E-state index in [-0.39, 0.29) is 0 Å². The van der Waals surface area contributed by atoms with Crippen LogP contribution in [-0.2, 0) is 4.57 Å². The number of hydrogen-bond donors (Lipinski definition) is 2. The molecule has 0 aliphatic heterocycles. The van der Waals surface area contributed by atoms with Crippen LogP contribution in [0.3, 0.4) is 0 Å². The zero-order valence-corrected chi connectivity index (χ0v) is 18.4. The highest BCUT2D eigenvalue weighted by Crippen LogP contribution is 2.53. The number of rotatable bonds is 9. The van der Waals surface area contributed by atoms with Gasteiger partial charge >= 0.3 is 7.60 Å². The van der Waals surface area contributed by atoms with E-state index in [2.05, 4.69) is 10.6 Å². The van der Waals surface area contributed by atoms with Gasteiger partial charge in [0.1, 0.15) is 11.5 Å². The average Bonchev–Trinajstić information content (AvgIpc) is 2.75. The van der Waals surface area contributed by atoms with Gasteiger partial charge in [-0.2, -0.15) is 0 Å². The van der Waals surface area contributed by atoms with E-state index in [1.54, 1.807) is 24.3 Å². The first-order valence-electron chi connectivity index (χ1n) is 9.80. The second kappa shape index (κ2) is 10.8. The fourth-order valence-corrected chi connectivity index (χ4v) is 5.16. The zero-order chi connectivity index (χ0) is 21.2. The van der Waals surface area contributed by atoms with E-state index in [0.717, 1.165) is 12.1 Å². The Morgan fingerprint density at radius 1 is 0.867 bits per heavy atom. The molecule has 156 valence electrons. The minimum Gasteiger partial charge on any atom is -0.415 e. The summed E-state index contributed by atoms with van der Waals surface area (Å²) < 4.78 is 25.9. The van der Waals surface area contributed by atoms with Crippen LogP contribution in [-0.4, -0.2) is 10.9 Å². The maximum atomic E-state index is 14.0. The molecule has 0 heterocycles. The quantitative estimate of drug-likeness (QED) is 0.295. The average molecular weight is 441 g/mol. The molecule has 3 rings (SSSR count). The van der Waals surface area contributed by atoms with Crippen LogP contribution in [0.15, 0.2) is 91.0 Å². The third-order valence-electron chi connectivity index (χ3n) is 4.22. The van der Waals surface area contributed by atoms with Gasteiger partial charge in [0, 0.05) is 5.69 Å². The van der Waals surface area contributed by atoms with Crippen molar-refractivity contribution in [2.45, 2.75) is 25.5 Å². The van der Waals surface area contributed by atoms with Crippen LogP contribution in [0.5, 0.6) is 11.5 Å². The van der Waals surface area contributed by atoms with Gasteiger partial charge in [-0.05, 0) is 55.0 Å². The first-order valence-corrected chi connectivity index (χ1v) is 11.8. The molecule has 3 aromatic rings. The van der Waals surface area contributed by atoms with Crippen molar-refractivity contribution in [1.82, 2.24) is 5.32 Å². The largest absolute Gasteiger partial charge is 0.452 e. The number of thiocarbonyl (C=S) groups is 1. The van der Waals surface area contributed by atoms with Crippen LogP contribution >= 0.6 is 19.8 Å². The van der Waals surface area contributed by atoms with Gasteiger partial charge in [-0.1, -0.05) is 67.9 Å². The molecule has 0 radical (unpaired) electrons. The minimum absolute atomic E-state index is 0.355. The third kappa shape index (κ3) is 6.34. The van der Waals surface area contributed by atoms with Crippen molar-refractivity contribution >= 4 is 30.6 Å². The Morgan fingerprint density at radius 2 is 1.33 bits per heavy atom. The fourth-order valence-electron chi connectivity index (χ4n) is 2.83. The number of anilines is 1. The van der Waals surface area contributed by atoms with Gasteiger partial charge in [-0.3, -0.25) is 0 Å². The van der Waals surface area contributed by atoms with E-state index in [4.69, 9.17) is 21.3 Å². The zero-order valence-electron chi connectivity index (χ0n) is 16.7. The molecule has 7 heteroatoms. The van der Waals surface area contributed by atoms with E-state index >= 15 is 0 Å². The van der Waals surface area contributed by atoms with Crippen LogP contribution in [0.2, 0.25) is 0 Å². The Labute approximate surface area is 183 Å². The van der Waals surface area contributed by atoms with Crippen LogP contribution < -0.4 is 19.7 Å². The van der Waals surface area contributed by atoms with Gasteiger partial charge in [0.25, 0.3) is 0 Å². The molecule has 0 aliphatic rings. The SMILES string of the molecule is CCCC(NC(=S)Nc1ccccc1)P(=O)(Oc1ccccc1)Oc1ccccc1. The summed E-state index contributed by atoms with van der Waals surface area (Å²) in [5.74, 6) is 0.315. The molecular formula is C23H25N2O3PS. The Hall–Kier alpha value is -2.82. The Bertz CT molecular complexity index is 926. The van der Waals surface area contributed by atoms with Crippen LogP contribution in [0.1, 0.15) is 19.8 Å². The molecule has 2 N–H and O–H groups in total. The summed E-state index contributed by atoms with van der Waals surface area (Å²) in [6, 6.07) is 27.6. The molecule has 0 saturated carbocycles. The molecule has 1 unspecified atom stereocenters. The molecule has 0 spiro atoms. The van der Waals surface area contributed by atoms with Gasteiger partial charge in [-0.15, -0.1) is 0 Å². The van der Waals surface area contributed by atoms with E-state index in [1.165, 1.54) is 0 Å². The first kappa shape index (κ1) is 21.9. The lowest BCUT2D eigenvalue weighted by Crippen LogP contribution is -2.39. The number of hydrogen-bond acceptors (Lipinski definition) is 4. The summed E-state index contributed by atoms with van der Waals surface area (Å²) in [6.07, 6.45) is 1.32. The first-order chi connectivity index (χ1) is 14.6. The summed E-state index contributed by atoms with van der Waals surface area (Å²) in [5, 5.41) is 6.63. The molecule has 0 aromatic heterocycles. The molecule has 3 aromatic carbocycles. The number of nitrogens with one attached hydrogen (secondary N) is 2. The second-order valence-electron chi connectivity index (χ2n) is 6.62. The standard InChI is InChI=1S/C23H25N2O3PS/c1-2-12-22(25-23(30)24-19-13-6-3-7-14-19)29(26,27-20-15-8-4-9-16-20)28-21-17-10-5-11-18-21/h3-11,13-18,22H,2,12H2,1H3,(H2,24,25,30). The predicted octanol–water partition coefficient (Wildman–Crippen LogP) is 6.45. The second-order valence-corrected chi connectivity index (χ2v) is 9.09. The smallest absolute Gasteiger partial charge is 0.415 e. The summed E-state index contributed by atoms with van der Waals surface area (Å²) in [4.78, 5) is 0. The topological polar surface area (TPSA) is 59.6 Å². The molecular weight excluding hydrogens is 415 g/mol. The van der Waals surface area contributed by atoms with Gasteiger partial charge < -0.3 is 19.7 Å². The molecule has 0 saturated heterocycles. The van der Waals surface area contributed by atoms with Gasteiger partial charge in [0.2, 0.25) is 0 Å². The number of benzene rings is 3. The Balaban J connectivity index is 1.84. The molecule has 1 atom stereocenters. The van der Waals surface area contributed by atoms with Crippen molar-refractivity contribution in [3.8, 4) is 11.5 Å². The van der Waals surface area contributed by atoms with Gasteiger partial charge in [0.15, 0.2) is 10.9 Å². The minimum atomic E-state index is -3.69.